The summed E-state index contributed by atoms with van der Waals surface area (Å²) in [5, 5.41) is 2.37. The summed E-state index contributed by atoms with van der Waals surface area (Å²) in [6.45, 7) is 1.94. The van der Waals surface area contributed by atoms with Gasteiger partial charge in [0.25, 0.3) is 5.91 Å². The van der Waals surface area contributed by atoms with Gasteiger partial charge in [-0.05, 0) is 42.3 Å². The van der Waals surface area contributed by atoms with Crippen LogP contribution in [0.3, 0.4) is 0 Å². The van der Waals surface area contributed by atoms with E-state index in [-0.39, 0.29) is 31.2 Å². The van der Waals surface area contributed by atoms with Crippen molar-refractivity contribution >= 4 is 47.3 Å². The molecule has 0 bridgehead atoms. The molecular formula is C32H30N2O7S2. The van der Waals surface area contributed by atoms with Crippen LogP contribution >= 0.6 is 23.5 Å². The number of carbonyl (C=O) groups is 4. The number of hydrogen-bond donors (Lipinski definition) is 1. The maximum Gasteiger partial charge on any atom is 0.356 e. The SMILES string of the molecule is CCOC(=O)c1ccccc1SC1=C(C(=O)OCc2ccc(OC)cc2)N2C(=O)[C@@H](NC(=O)Cc3ccccc3)[C@@H]2SC1. The molecule has 0 aliphatic carbocycles. The third kappa shape index (κ3) is 6.89. The van der Waals surface area contributed by atoms with Crippen molar-refractivity contribution in [3.63, 3.8) is 0 Å². The van der Waals surface area contributed by atoms with Crippen molar-refractivity contribution in [3.8, 4) is 5.75 Å². The van der Waals surface area contributed by atoms with Crippen LogP contribution in [0.5, 0.6) is 5.75 Å². The first-order valence-corrected chi connectivity index (χ1v) is 15.5. The molecule has 2 heterocycles. The number of amides is 2. The molecule has 0 unspecified atom stereocenters. The summed E-state index contributed by atoms with van der Waals surface area (Å²) >= 11 is 2.66. The van der Waals surface area contributed by atoms with E-state index in [0.29, 0.717) is 26.9 Å². The van der Waals surface area contributed by atoms with Crippen molar-refractivity contribution in [2.24, 2.45) is 0 Å². The van der Waals surface area contributed by atoms with E-state index >= 15 is 0 Å². The van der Waals surface area contributed by atoms with Gasteiger partial charge < -0.3 is 19.5 Å². The number of fused-ring (bicyclic) bond motifs is 1. The van der Waals surface area contributed by atoms with Crippen molar-refractivity contribution in [2.75, 3.05) is 19.5 Å². The number of esters is 2. The molecule has 2 atom stereocenters. The number of nitrogens with zero attached hydrogens (tertiary/aromatic N) is 1. The fourth-order valence-electron chi connectivity index (χ4n) is 4.67. The number of ether oxygens (including phenoxy) is 3. The molecule has 3 aromatic carbocycles. The molecule has 9 nitrogen and oxygen atoms in total. The van der Waals surface area contributed by atoms with Crippen LogP contribution in [0.15, 0.2) is 94.4 Å². The standard InChI is InChI=1S/C32H30N2O7S2/c1-3-40-31(37)23-11-7-8-12-24(23)43-25-19-42-30-27(33-26(35)17-20-9-5-4-6-10-20)29(36)34(30)28(25)32(38)41-18-21-13-15-22(39-2)16-14-21/h4-16,27,30H,3,17-19H2,1-2H3,(H,33,35)/t27-,30+/m1/s1. The van der Waals surface area contributed by atoms with Crippen LogP contribution in [-0.4, -0.2) is 59.5 Å². The van der Waals surface area contributed by atoms with Gasteiger partial charge in [-0.25, -0.2) is 9.59 Å². The lowest BCUT2D eigenvalue weighted by Crippen LogP contribution is -2.70. The van der Waals surface area contributed by atoms with E-state index in [0.717, 1.165) is 11.1 Å². The van der Waals surface area contributed by atoms with Gasteiger partial charge in [0.15, 0.2) is 0 Å². The predicted molar refractivity (Wildman–Crippen MR) is 163 cm³/mol. The first kappa shape index (κ1) is 30.2. The summed E-state index contributed by atoms with van der Waals surface area (Å²) in [5.41, 5.74) is 2.06. The zero-order chi connectivity index (χ0) is 30.3. The number of methoxy groups -OCH3 is 1. The Balaban J connectivity index is 1.39. The van der Waals surface area contributed by atoms with Crippen molar-refractivity contribution in [2.45, 2.75) is 36.3 Å². The first-order valence-electron chi connectivity index (χ1n) is 13.6. The summed E-state index contributed by atoms with van der Waals surface area (Å²) in [5.74, 6) is -0.769. The summed E-state index contributed by atoms with van der Waals surface area (Å²) in [4.78, 5) is 55.0. The Morgan fingerprint density at radius 3 is 2.37 bits per heavy atom. The molecule has 0 saturated carbocycles. The van der Waals surface area contributed by atoms with Crippen LogP contribution < -0.4 is 10.1 Å². The molecule has 1 fully saturated rings. The molecule has 5 rings (SSSR count). The Kier molecular flexibility index (Phi) is 9.73. The second-order valence-corrected chi connectivity index (χ2v) is 11.9. The second-order valence-electron chi connectivity index (χ2n) is 9.63. The monoisotopic (exact) mass is 618 g/mol. The Hall–Kier alpha value is -4.22. The number of rotatable bonds is 11. The van der Waals surface area contributed by atoms with Gasteiger partial charge in [0.1, 0.15) is 29.5 Å². The number of hydrogen-bond acceptors (Lipinski definition) is 9. The highest BCUT2D eigenvalue weighted by molar-refractivity contribution is 8.06. The largest absolute Gasteiger partial charge is 0.497 e. The third-order valence-electron chi connectivity index (χ3n) is 6.80. The molecule has 2 aliphatic heterocycles. The summed E-state index contributed by atoms with van der Waals surface area (Å²) in [6.07, 6.45) is 0.139. The molecule has 1 saturated heterocycles. The van der Waals surface area contributed by atoms with Crippen LogP contribution in [0.1, 0.15) is 28.4 Å². The lowest BCUT2D eigenvalue weighted by molar-refractivity contribution is -0.153. The van der Waals surface area contributed by atoms with E-state index in [2.05, 4.69) is 5.32 Å². The molecule has 3 aromatic rings. The lowest BCUT2D eigenvalue weighted by Gasteiger charge is -2.49. The maximum absolute atomic E-state index is 13.6. The van der Waals surface area contributed by atoms with E-state index in [1.807, 2.05) is 30.3 Å². The second kappa shape index (κ2) is 13.8. The number of nitrogens with one attached hydrogen (secondary N) is 1. The van der Waals surface area contributed by atoms with Crippen molar-refractivity contribution in [1.82, 2.24) is 10.2 Å². The number of β-lactam (4-membered cyclic amide) rings is 1. The van der Waals surface area contributed by atoms with Gasteiger partial charge in [-0.15, -0.1) is 11.8 Å². The smallest absolute Gasteiger partial charge is 0.356 e. The Morgan fingerprint density at radius 2 is 1.65 bits per heavy atom. The van der Waals surface area contributed by atoms with E-state index in [4.69, 9.17) is 14.2 Å². The average Bonchev–Trinajstić information content (AvgIpc) is 3.03. The van der Waals surface area contributed by atoms with Crippen LogP contribution in [0.25, 0.3) is 0 Å². The van der Waals surface area contributed by atoms with Crippen LogP contribution in [0.2, 0.25) is 0 Å². The maximum atomic E-state index is 13.6. The average molecular weight is 619 g/mol. The quantitative estimate of drug-likeness (QED) is 0.244. The van der Waals surface area contributed by atoms with Crippen LogP contribution in [0, 0.1) is 0 Å². The Bertz CT molecular complexity index is 1540. The van der Waals surface area contributed by atoms with Crippen molar-refractivity contribution < 1.29 is 33.4 Å². The van der Waals surface area contributed by atoms with Gasteiger partial charge in [0.05, 0.1) is 25.7 Å². The van der Waals surface area contributed by atoms with E-state index < -0.39 is 29.3 Å². The van der Waals surface area contributed by atoms with Gasteiger partial charge in [-0.1, -0.05) is 66.4 Å². The molecule has 2 amide bonds. The molecule has 0 aromatic heterocycles. The number of thioether (sulfide) groups is 2. The molecule has 11 heteroatoms. The highest BCUT2D eigenvalue weighted by atomic mass is 32.2. The lowest BCUT2D eigenvalue weighted by atomic mass is 10.0. The Labute approximate surface area is 257 Å². The minimum Gasteiger partial charge on any atom is -0.497 e. The topological polar surface area (TPSA) is 111 Å². The highest BCUT2D eigenvalue weighted by Gasteiger charge is 2.54. The molecule has 0 spiro atoms. The first-order chi connectivity index (χ1) is 20.9. The molecule has 43 heavy (non-hydrogen) atoms. The molecule has 1 N–H and O–H groups in total. The van der Waals surface area contributed by atoms with E-state index in [1.165, 1.54) is 28.4 Å². The molecule has 2 aliphatic rings. The molecule has 0 radical (unpaired) electrons. The zero-order valence-electron chi connectivity index (χ0n) is 23.6. The fourth-order valence-corrected chi connectivity index (χ4v) is 7.26. The van der Waals surface area contributed by atoms with Gasteiger partial charge in [0, 0.05) is 15.6 Å². The van der Waals surface area contributed by atoms with Crippen molar-refractivity contribution in [1.29, 1.82) is 0 Å². The van der Waals surface area contributed by atoms with Gasteiger partial charge in [-0.2, -0.15) is 0 Å². The highest BCUT2D eigenvalue weighted by Crippen LogP contribution is 2.46. The van der Waals surface area contributed by atoms with E-state index in [9.17, 15) is 19.2 Å². The van der Waals surface area contributed by atoms with Crippen molar-refractivity contribution in [3.05, 3.63) is 106 Å². The minimum absolute atomic E-state index is 0.0131. The summed E-state index contributed by atoms with van der Waals surface area (Å²) < 4.78 is 16.1. The molecule has 222 valence electrons. The zero-order valence-corrected chi connectivity index (χ0v) is 25.2. The third-order valence-corrected chi connectivity index (χ3v) is 9.42. The van der Waals surface area contributed by atoms with Gasteiger partial charge >= 0.3 is 11.9 Å². The van der Waals surface area contributed by atoms with Crippen LogP contribution in [-0.2, 0) is 36.9 Å². The fraction of sp³-hybridized carbons (Fsp3) is 0.250. The van der Waals surface area contributed by atoms with Crippen LogP contribution in [0.4, 0.5) is 0 Å². The van der Waals surface area contributed by atoms with E-state index in [1.54, 1.807) is 62.6 Å². The van der Waals surface area contributed by atoms with Gasteiger partial charge in [-0.3, -0.25) is 14.5 Å². The molecular weight excluding hydrogens is 588 g/mol. The number of carbonyl (C=O) groups excluding carboxylic acids is 4. The predicted octanol–water partition coefficient (Wildman–Crippen LogP) is 4.56. The summed E-state index contributed by atoms with van der Waals surface area (Å²) in [6, 6.07) is 22.6. The minimum atomic E-state index is -0.774. The summed E-state index contributed by atoms with van der Waals surface area (Å²) in [7, 11) is 1.57. The number of benzene rings is 3. The Morgan fingerprint density at radius 1 is 0.930 bits per heavy atom. The normalized spacial score (nSPS) is 17.4. The van der Waals surface area contributed by atoms with Gasteiger partial charge in [0.2, 0.25) is 5.91 Å².